The van der Waals surface area contributed by atoms with Gasteiger partial charge in [0.15, 0.2) is 0 Å². The Labute approximate surface area is 139 Å². The van der Waals surface area contributed by atoms with Crippen molar-refractivity contribution in [2.24, 2.45) is 17.1 Å². The second-order valence-corrected chi connectivity index (χ2v) is 9.43. The molecule has 0 amide bonds. The third-order valence-electron chi connectivity index (χ3n) is 4.45. The number of nitrogens with two attached hydrogens (primary N) is 1. The Kier molecular flexibility index (Phi) is 5.40. The first-order chi connectivity index (χ1) is 9.70. The van der Waals surface area contributed by atoms with E-state index < -0.39 is 10.8 Å². The van der Waals surface area contributed by atoms with Crippen molar-refractivity contribution in [3.8, 4) is 0 Å². The number of halogens is 2. The van der Waals surface area contributed by atoms with Crippen molar-refractivity contribution < 1.29 is 4.21 Å². The molecule has 1 aromatic rings. The van der Waals surface area contributed by atoms with E-state index in [4.69, 9.17) is 28.9 Å². The minimum absolute atomic E-state index is 0.0421. The normalized spacial score (nSPS) is 28.4. The lowest BCUT2D eigenvalue weighted by atomic mass is 9.71. The van der Waals surface area contributed by atoms with E-state index in [0.717, 1.165) is 19.3 Å². The first-order valence-electron chi connectivity index (χ1n) is 7.31. The van der Waals surface area contributed by atoms with Crippen molar-refractivity contribution in [2.45, 2.75) is 56.2 Å². The molecule has 1 aliphatic rings. The topological polar surface area (TPSA) is 43.1 Å². The molecule has 118 valence electrons. The SMILES string of the molecule is CC(C)(C)C1CCC(N)C(S(=O)c2cc(Cl)ccc2Cl)C1. The fourth-order valence-corrected chi connectivity index (χ4v) is 5.25. The zero-order valence-electron chi connectivity index (χ0n) is 12.7. The Bertz CT molecular complexity index is 542. The van der Waals surface area contributed by atoms with E-state index in [-0.39, 0.29) is 16.7 Å². The van der Waals surface area contributed by atoms with E-state index in [1.807, 2.05) is 0 Å². The highest BCUT2D eigenvalue weighted by molar-refractivity contribution is 7.85. The number of benzene rings is 1. The average Bonchev–Trinajstić information content (AvgIpc) is 2.40. The maximum atomic E-state index is 12.9. The molecule has 0 aromatic heterocycles. The summed E-state index contributed by atoms with van der Waals surface area (Å²) >= 11 is 12.2. The van der Waals surface area contributed by atoms with Crippen molar-refractivity contribution in [3.63, 3.8) is 0 Å². The van der Waals surface area contributed by atoms with Crippen LogP contribution in [0.15, 0.2) is 23.1 Å². The molecular formula is C16H23Cl2NOS. The summed E-state index contributed by atoms with van der Waals surface area (Å²) in [4.78, 5) is 0.610. The van der Waals surface area contributed by atoms with E-state index in [1.165, 1.54) is 0 Å². The van der Waals surface area contributed by atoms with E-state index in [0.29, 0.717) is 20.9 Å². The monoisotopic (exact) mass is 347 g/mol. The van der Waals surface area contributed by atoms with Gasteiger partial charge in [-0.25, -0.2) is 0 Å². The minimum Gasteiger partial charge on any atom is -0.327 e. The van der Waals surface area contributed by atoms with Gasteiger partial charge in [0.05, 0.1) is 26.0 Å². The van der Waals surface area contributed by atoms with Crippen LogP contribution >= 0.6 is 23.2 Å². The Morgan fingerprint density at radius 2 is 1.90 bits per heavy atom. The predicted molar refractivity (Wildman–Crippen MR) is 91.4 cm³/mol. The Morgan fingerprint density at radius 1 is 1.24 bits per heavy atom. The predicted octanol–water partition coefficient (Wildman–Crippen LogP) is 4.64. The van der Waals surface area contributed by atoms with Crippen LogP contribution < -0.4 is 5.73 Å². The Balaban J connectivity index is 2.26. The molecular weight excluding hydrogens is 325 g/mol. The molecule has 0 spiro atoms. The van der Waals surface area contributed by atoms with Gasteiger partial charge in [0, 0.05) is 11.1 Å². The lowest BCUT2D eigenvalue weighted by Crippen LogP contribution is -2.45. The number of hydrogen-bond acceptors (Lipinski definition) is 2. The molecule has 0 saturated heterocycles. The molecule has 0 aliphatic heterocycles. The molecule has 5 heteroatoms. The second-order valence-electron chi connectivity index (χ2n) is 6.95. The minimum atomic E-state index is -1.22. The molecule has 2 rings (SSSR count). The van der Waals surface area contributed by atoms with Crippen LogP contribution in [-0.2, 0) is 10.8 Å². The first-order valence-corrected chi connectivity index (χ1v) is 9.28. The van der Waals surface area contributed by atoms with Crippen LogP contribution in [0.2, 0.25) is 10.0 Å². The summed E-state index contributed by atoms with van der Waals surface area (Å²) in [5.74, 6) is 0.532. The van der Waals surface area contributed by atoms with Crippen LogP contribution in [-0.4, -0.2) is 15.5 Å². The summed E-state index contributed by atoms with van der Waals surface area (Å²) in [7, 11) is -1.22. The molecule has 1 aromatic carbocycles. The van der Waals surface area contributed by atoms with E-state index in [2.05, 4.69) is 20.8 Å². The van der Waals surface area contributed by atoms with Gasteiger partial charge < -0.3 is 5.73 Å². The maximum Gasteiger partial charge on any atom is 0.0592 e. The molecule has 4 atom stereocenters. The summed E-state index contributed by atoms with van der Waals surface area (Å²) in [6.07, 6.45) is 2.89. The van der Waals surface area contributed by atoms with Crippen LogP contribution in [0.25, 0.3) is 0 Å². The molecule has 1 saturated carbocycles. The standard InChI is InChI=1S/C16H23Cl2NOS/c1-16(2,3)10-4-7-13(19)15(8-10)21(20)14-9-11(17)5-6-12(14)18/h5-6,9-10,13,15H,4,7-8,19H2,1-3H3. The van der Waals surface area contributed by atoms with Crippen LogP contribution in [0.4, 0.5) is 0 Å². The summed E-state index contributed by atoms with van der Waals surface area (Å²) in [5.41, 5.74) is 6.45. The fourth-order valence-electron chi connectivity index (χ4n) is 2.98. The number of hydrogen-bond donors (Lipinski definition) is 1. The van der Waals surface area contributed by atoms with Gasteiger partial charge in [-0.1, -0.05) is 44.0 Å². The molecule has 1 aliphatic carbocycles. The summed E-state index contributed by atoms with van der Waals surface area (Å²) in [6, 6.07) is 5.07. The zero-order valence-corrected chi connectivity index (χ0v) is 15.1. The average molecular weight is 348 g/mol. The molecule has 1 fully saturated rings. The largest absolute Gasteiger partial charge is 0.327 e. The van der Waals surface area contributed by atoms with E-state index in [9.17, 15) is 4.21 Å². The van der Waals surface area contributed by atoms with Crippen molar-refractivity contribution in [3.05, 3.63) is 28.2 Å². The lowest BCUT2D eigenvalue weighted by Gasteiger charge is -2.40. The third-order valence-corrected chi connectivity index (χ3v) is 6.99. The first kappa shape index (κ1) is 17.3. The van der Waals surface area contributed by atoms with E-state index in [1.54, 1.807) is 18.2 Å². The van der Waals surface area contributed by atoms with Gasteiger partial charge in [0.2, 0.25) is 0 Å². The smallest absolute Gasteiger partial charge is 0.0592 e. The van der Waals surface area contributed by atoms with Gasteiger partial charge in [-0.05, 0) is 48.8 Å². The van der Waals surface area contributed by atoms with Crippen LogP contribution in [0.5, 0.6) is 0 Å². The summed E-state index contributed by atoms with van der Waals surface area (Å²) < 4.78 is 12.9. The molecule has 4 unspecified atom stereocenters. The zero-order chi connectivity index (χ0) is 15.8. The van der Waals surface area contributed by atoms with Gasteiger partial charge in [-0.2, -0.15) is 0 Å². The van der Waals surface area contributed by atoms with Gasteiger partial charge in [0.1, 0.15) is 0 Å². The van der Waals surface area contributed by atoms with Crippen LogP contribution in [0, 0.1) is 11.3 Å². The quantitative estimate of drug-likeness (QED) is 0.846. The van der Waals surface area contributed by atoms with Gasteiger partial charge in [-0.3, -0.25) is 4.21 Å². The second kappa shape index (κ2) is 6.57. The summed E-state index contributed by atoms with van der Waals surface area (Å²) in [5, 5.41) is 1.00. The van der Waals surface area contributed by atoms with Crippen LogP contribution in [0.3, 0.4) is 0 Å². The van der Waals surface area contributed by atoms with E-state index >= 15 is 0 Å². The molecule has 0 radical (unpaired) electrons. The molecule has 0 bridgehead atoms. The fraction of sp³-hybridized carbons (Fsp3) is 0.625. The highest BCUT2D eigenvalue weighted by Crippen LogP contribution is 2.40. The van der Waals surface area contributed by atoms with Gasteiger partial charge >= 0.3 is 0 Å². The summed E-state index contributed by atoms with van der Waals surface area (Å²) in [6.45, 7) is 6.71. The molecule has 2 N–H and O–H groups in total. The maximum absolute atomic E-state index is 12.9. The van der Waals surface area contributed by atoms with Crippen molar-refractivity contribution >= 4 is 34.0 Å². The lowest BCUT2D eigenvalue weighted by molar-refractivity contribution is 0.173. The van der Waals surface area contributed by atoms with Crippen molar-refractivity contribution in [1.29, 1.82) is 0 Å². The van der Waals surface area contributed by atoms with Crippen molar-refractivity contribution in [1.82, 2.24) is 0 Å². The number of rotatable bonds is 2. The Hall–Kier alpha value is -0.0900. The molecule has 21 heavy (non-hydrogen) atoms. The molecule has 2 nitrogen and oxygen atoms in total. The van der Waals surface area contributed by atoms with Gasteiger partial charge in [0.25, 0.3) is 0 Å². The van der Waals surface area contributed by atoms with Crippen molar-refractivity contribution in [2.75, 3.05) is 0 Å². The highest BCUT2D eigenvalue weighted by atomic mass is 35.5. The molecule has 0 heterocycles. The van der Waals surface area contributed by atoms with Crippen LogP contribution in [0.1, 0.15) is 40.0 Å². The highest BCUT2D eigenvalue weighted by Gasteiger charge is 2.38. The Morgan fingerprint density at radius 3 is 2.52 bits per heavy atom. The van der Waals surface area contributed by atoms with Gasteiger partial charge in [-0.15, -0.1) is 0 Å². The third kappa shape index (κ3) is 4.01.